The van der Waals surface area contributed by atoms with Crippen molar-refractivity contribution in [1.29, 1.82) is 0 Å². The third kappa shape index (κ3) is 5.02. The number of hydrogen-bond donors (Lipinski definition) is 1. The van der Waals surface area contributed by atoms with Crippen LogP contribution in [-0.2, 0) is 21.9 Å². The highest BCUT2D eigenvalue weighted by molar-refractivity contribution is 7.88. The van der Waals surface area contributed by atoms with Gasteiger partial charge < -0.3 is 4.90 Å². The van der Waals surface area contributed by atoms with E-state index in [4.69, 9.17) is 0 Å². The maximum atomic E-state index is 12.7. The molecule has 23 heavy (non-hydrogen) atoms. The van der Waals surface area contributed by atoms with Crippen LogP contribution in [0.3, 0.4) is 0 Å². The summed E-state index contributed by atoms with van der Waals surface area (Å²) in [6.45, 7) is 1.76. The Morgan fingerprint density at radius 2 is 2.22 bits per heavy atom. The molecule has 0 aromatic carbocycles. The van der Waals surface area contributed by atoms with Crippen LogP contribution in [-0.4, -0.2) is 68.0 Å². The molecule has 1 aromatic heterocycles. The van der Waals surface area contributed by atoms with Crippen molar-refractivity contribution in [2.45, 2.75) is 25.3 Å². The number of carbonyl (C=O) groups excluding carboxylic acids is 1. The fraction of sp³-hybridized carbons (Fsp3) is 0.714. The van der Waals surface area contributed by atoms with E-state index < -0.39 is 10.0 Å². The van der Waals surface area contributed by atoms with Gasteiger partial charge in [0.25, 0.3) is 0 Å². The van der Waals surface area contributed by atoms with Crippen LogP contribution in [0.2, 0.25) is 0 Å². The van der Waals surface area contributed by atoms with Gasteiger partial charge in [0.15, 0.2) is 0 Å². The number of likely N-dealkylation sites (N-methyl/N-ethyl adjacent to an activating group) is 1. The molecule has 1 N–H and O–H groups in total. The molecule has 0 spiro atoms. The van der Waals surface area contributed by atoms with E-state index in [-0.39, 0.29) is 11.9 Å². The highest BCUT2D eigenvalue weighted by atomic mass is 32.2. The zero-order valence-electron chi connectivity index (χ0n) is 13.9. The van der Waals surface area contributed by atoms with E-state index in [1.807, 2.05) is 25.2 Å². The molecule has 9 heteroatoms. The van der Waals surface area contributed by atoms with Gasteiger partial charge in [-0.25, -0.2) is 13.1 Å². The first-order valence-corrected chi connectivity index (χ1v) is 9.62. The van der Waals surface area contributed by atoms with Crippen molar-refractivity contribution in [1.82, 2.24) is 19.4 Å². The summed E-state index contributed by atoms with van der Waals surface area (Å²) in [5.74, 6) is 0.0859. The molecule has 1 aliphatic rings. The molecular weight excluding hydrogens is 318 g/mol. The van der Waals surface area contributed by atoms with E-state index in [1.54, 1.807) is 15.8 Å². The Hall–Kier alpha value is -1.45. The molecule has 8 nitrogen and oxygen atoms in total. The summed E-state index contributed by atoms with van der Waals surface area (Å²) in [7, 11) is 0.589. The van der Waals surface area contributed by atoms with Crippen LogP contribution in [0.4, 0.5) is 5.69 Å². The van der Waals surface area contributed by atoms with Gasteiger partial charge in [0.1, 0.15) is 0 Å². The van der Waals surface area contributed by atoms with Crippen molar-refractivity contribution < 1.29 is 13.2 Å². The van der Waals surface area contributed by atoms with Crippen LogP contribution >= 0.6 is 0 Å². The first kappa shape index (κ1) is 17.9. The Morgan fingerprint density at radius 3 is 2.83 bits per heavy atom. The molecule has 130 valence electrons. The Bertz CT molecular complexity index is 643. The number of hydrogen-bond acceptors (Lipinski definition) is 5. The minimum Gasteiger partial charge on any atom is -0.308 e. The fourth-order valence-corrected chi connectivity index (χ4v) is 3.33. The van der Waals surface area contributed by atoms with Gasteiger partial charge in [-0.3, -0.25) is 14.4 Å². The quantitative estimate of drug-likeness (QED) is 0.692. The zero-order chi connectivity index (χ0) is 17.0. The Morgan fingerprint density at radius 1 is 1.48 bits per heavy atom. The van der Waals surface area contributed by atoms with Crippen LogP contribution in [0.5, 0.6) is 0 Å². The predicted molar refractivity (Wildman–Crippen MR) is 88.7 cm³/mol. The number of carbonyl (C=O) groups is 1. The van der Waals surface area contributed by atoms with Crippen molar-refractivity contribution in [3.05, 3.63) is 12.4 Å². The first-order chi connectivity index (χ1) is 10.8. The number of piperidine rings is 1. The number of nitrogens with one attached hydrogen (secondary N) is 1. The second kappa shape index (κ2) is 7.41. The zero-order valence-corrected chi connectivity index (χ0v) is 14.7. The largest absolute Gasteiger partial charge is 0.308 e. The maximum Gasteiger partial charge on any atom is 0.244 e. The molecule has 0 radical (unpaired) electrons. The van der Waals surface area contributed by atoms with Crippen LogP contribution in [0.1, 0.15) is 19.3 Å². The number of rotatable bonds is 7. The molecule has 2 heterocycles. The smallest absolute Gasteiger partial charge is 0.244 e. The Labute approximate surface area is 137 Å². The molecule has 0 saturated carbocycles. The SMILES string of the molecule is CN(CCCNS(C)(=O)=O)[C@H]1CCCN(c2cnn(C)c2)C1=O. The number of nitrogens with zero attached hydrogens (tertiary/aromatic N) is 4. The first-order valence-electron chi connectivity index (χ1n) is 7.73. The van der Waals surface area contributed by atoms with Gasteiger partial charge in [-0.05, 0) is 32.9 Å². The van der Waals surface area contributed by atoms with E-state index >= 15 is 0 Å². The van der Waals surface area contributed by atoms with Crippen molar-refractivity contribution in [3.63, 3.8) is 0 Å². The molecular formula is C14H25N5O3S. The van der Waals surface area contributed by atoms with Crippen molar-refractivity contribution in [2.75, 3.05) is 37.8 Å². The molecule has 0 aliphatic carbocycles. The third-order valence-corrected chi connectivity index (χ3v) is 4.73. The average molecular weight is 343 g/mol. The van der Waals surface area contributed by atoms with Crippen LogP contribution in [0.25, 0.3) is 0 Å². The molecule has 0 bridgehead atoms. The number of amides is 1. The van der Waals surface area contributed by atoms with Crippen molar-refractivity contribution in [2.24, 2.45) is 7.05 Å². The highest BCUT2D eigenvalue weighted by Crippen LogP contribution is 2.22. The summed E-state index contributed by atoms with van der Waals surface area (Å²) in [4.78, 5) is 16.5. The highest BCUT2D eigenvalue weighted by Gasteiger charge is 2.32. The third-order valence-electron chi connectivity index (χ3n) is 4.00. The Balaban J connectivity index is 1.90. The summed E-state index contributed by atoms with van der Waals surface area (Å²) < 4.78 is 26.2. The van der Waals surface area contributed by atoms with E-state index in [0.717, 1.165) is 24.8 Å². The van der Waals surface area contributed by atoms with Gasteiger partial charge in [-0.15, -0.1) is 0 Å². The van der Waals surface area contributed by atoms with Crippen LogP contribution < -0.4 is 9.62 Å². The lowest BCUT2D eigenvalue weighted by atomic mass is 10.0. The van der Waals surface area contributed by atoms with Gasteiger partial charge in [0, 0.05) is 26.3 Å². The predicted octanol–water partition coefficient (Wildman–Crippen LogP) is -0.213. The topological polar surface area (TPSA) is 87.5 Å². The number of aryl methyl sites for hydroxylation is 1. The maximum absolute atomic E-state index is 12.7. The van der Waals surface area contributed by atoms with E-state index in [9.17, 15) is 13.2 Å². The standard InChI is InChI=1S/C14H25N5O3S/c1-17(8-5-7-16-23(3,21)22)13-6-4-9-19(14(13)20)12-10-15-18(2)11-12/h10-11,13,16H,4-9H2,1-3H3/t13-/m0/s1. The second-order valence-electron chi connectivity index (χ2n) is 6.02. The molecule has 1 saturated heterocycles. The lowest BCUT2D eigenvalue weighted by Crippen LogP contribution is -2.51. The summed E-state index contributed by atoms with van der Waals surface area (Å²) in [6.07, 6.45) is 7.13. The molecule has 1 fully saturated rings. The lowest BCUT2D eigenvalue weighted by molar-refractivity contribution is -0.124. The van der Waals surface area contributed by atoms with E-state index in [2.05, 4.69) is 9.82 Å². The summed E-state index contributed by atoms with van der Waals surface area (Å²) >= 11 is 0. The molecule has 2 rings (SSSR count). The summed E-state index contributed by atoms with van der Waals surface area (Å²) in [6, 6.07) is -0.165. The molecule has 1 amide bonds. The van der Waals surface area contributed by atoms with Crippen LogP contribution in [0, 0.1) is 0 Å². The molecule has 1 aliphatic heterocycles. The van der Waals surface area contributed by atoms with Crippen molar-refractivity contribution >= 4 is 21.6 Å². The number of anilines is 1. The average Bonchev–Trinajstić information content (AvgIpc) is 2.89. The van der Waals surface area contributed by atoms with Crippen LogP contribution in [0.15, 0.2) is 12.4 Å². The van der Waals surface area contributed by atoms with Gasteiger partial charge in [-0.1, -0.05) is 0 Å². The fourth-order valence-electron chi connectivity index (χ4n) is 2.81. The monoisotopic (exact) mass is 343 g/mol. The van der Waals surface area contributed by atoms with E-state index in [1.165, 1.54) is 0 Å². The number of aromatic nitrogens is 2. The minimum atomic E-state index is -3.15. The molecule has 1 aromatic rings. The summed E-state index contributed by atoms with van der Waals surface area (Å²) in [5, 5.41) is 4.12. The molecule has 0 unspecified atom stereocenters. The normalized spacial score (nSPS) is 19.6. The van der Waals surface area contributed by atoms with Gasteiger partial charge in [0.2, 0.25) is 15.9 Å². The summed E-state index contributed by atoms with van der Waals surface area (Å²) in [5.41, 5.74) is 0.828. The van der Waals surface area contributed by atoms with Crippen molar-refractivity contribution in [3.8, 4) is 0 Å². The van der Waals surface area contributed by atoms with E-state index in [0.29, 0.717) is 26.1 Å². The second-order valence-corrected chi connectivity index (χ2v) is 7.85. The minimum absolute atomic E-state index is 0.0859. The molecule has 1 atom stereocenters. The Kier molecular flexibility index (Phi) is 5.77. The van der Waals surface area contributed by atoms with Gasteiger partial charge in [-0.2, -0.15) is 5.10 Å². The van der Waals surface area contributed by atoms with Gasteiger partial charge in [0.05, 0.1) is 24.2 Å². The lowest BCUT2D eigenvalue weighted by Gasteiger charge is -2.36. The number of sulfonamides is 1. The van der Waals surface area contributed by atoms with Gasteiger partial charge >= 0.3 is 0 Å².